The lowest BCUT2D eigenvalue weighted by molar-refractivity contribution is -0.296. The zero-order valence-corrected chi connectivity index (χ0v) is 11.5. The maximum Gasteiger partial charge on any atom is 0.165 e. The molecule has 1 saturated heterocycles. The molecule has 1 heterocycles. The smallest absolute Gasteiger partial charge is 0.165 e. The van der Waals surface area contributed by atoms with E-state index < -0.39 is 0 Å². The summed E-state index contributed by atoms with van der Waals surface area (Å²) >= 11 is 0. The minimum atomic E-state index is -0.317. The zero-order valence-electron chi connectivity index (χ0n) is 11.5. The quantitative estimate of drug-likeness (QED) is 0.636. The van der Waals surface area contributed by atoms with E-state index in [0.29, 0.717) is 0 Å². The summed E-state index contributed by atoms with van der Waals surface area (Å²) in [6.45, 7) is 10.5. The highest BCUT2D eigenvalue weighted by atomic mass is 16.7. The maximum atomic E-state index is 5.96. The molecule has 96 valence electrons. The van der Waals surface area contributed by atoms with Crippen LogP contribution in [0.25, 0.3) is 0 Å². The molecule has 2 heteroatoms. The molecule has 16 heavy (non-hydrogen) atoms. The fourth-order valence-electron chi connectivity index (χ4n) is 2.33. The van der Waals surface area contributed by atoms with Crippen molar-refractivity contribution in [3.8, 4) is 0 Å². The zero-order chi connectivity index (χ0) is 12.1. The first-order valence-electron chi connectivity index (χ1n) is 6.81. The molecule has 0 amide bonds. The summed E-state index contributed by atoms with van der Waals surface area (Å²) in [4.78, 5) is 0. The Bertz CT molecular complexity index is 193. The van der Waals surface area contributed by atoms with Gasteiger partial charge in [0.2, 0.25) is 0 Å². The van der Waals surface area contributed by atoms with E-state index in [0.717, 1.165) is 19.6 Å². The minimum Gasteiger partial charge on any atom is -0.350 e. The number of unbranched alkanes of at least 4 members (excludes halogenated alkanes) is 2. The van der Waals surface area contributed by atoms with Crippen LogP contribution >= 0.6 is 0 Å². The highest BCUT2D eigenvalue weighted by Crippen LogP contribution is 2.35. The van der Waals surface area contributed by atoms with Crippen LogP contribution in [0, 0.1) is 5.41 Å². The van der Waals surface area contributed by atoms with Gasteiger partial charge in [-0.25, -0.2) is 0 Å². The van der Waals surface area contributed by atoms with Crippen LogP contribution < -0.4 is 0 Å². The minimum absolute atomic E-state index is 0.235. The van der Waals surface area contributed by atoms with Crippen molar-refractivity contribution in [1.29, 1.82) is 0 Å². The first-order valence-corrected chi connectivity index (χ1v) is 6.81. The largest absolute Gasteiger partial charge is 0.350 e. The summed E-state index contributed by atoms with van der Waals surface area (Å²) in [6.07, 6.45) is 7.16. The van der Waals surface area contributed by atoms with Gasteiger partial charge in [0.25, 0.3) is 0 Å². The average molecular weight is 228 g/mol. The van der Waals surface area contributed by atoms with E-state index in [9.17, 15) is 0 Å². The molecule has 1 rings (SSSR count). The van der Waals surface area contributed by atoms with Crippen LogP contribution in [0.4, 0.5) is 0 Å². The Kier molecular flexibility index (Phi) is 5.26. The Hall–Kier alpha value is -0.0800. The predicted octanol–water partition coefficient (Wildman–Crippen LogP) is 4.14. The molecule has 0 unspecified atom stereocenters. The number of hydrogen-bond acceptors (Lipinski definition) is 2. The van der Waals surface area contributed by atoms with E-state index in [4.69, 9.17) is 9.47 Å². The summed E-state index contributed by atoms with van der Waals surface area (Å²) in [6, 6.07) is 0. The lowest BCUT2D eigenvalue weighted by atomic mass is 9.86. The Morgan fingerprint density at radius 2 is 1.50 bits per heavy atom. The van der Waals surface area contributed by atoms with E-state index in [1.165, 1.54) is 32.1 Å². The molecule has 2 nitrogen and oxygen atoms in total. The van der Waals surface area contributed by atoms with Gasteiger partial charge in [-0.3, -0.25) is 0 Å². The SMILES string of the molecule is CCCCCC1(C)OCC(C)(CCC)CO1. The van der Waals surface area contributed by atoms with Crippen molar-refractivity contribution in [2.75, 3.05) is 13.2 Å². The van der Waals surface area contributed by atoms with E-state index in [1.54, 1.807) is 0 Å². The number of rotatable bonds is 6. The Balaban J connectivity index is 2.34. The Labute approximate surface area is 101 Å². The van der Waals surface area contributed by atoms with Gasteiger partial charge in [0.1, 0.15) is 0 Å². The summed E-state index contributed by atoms with van der Waals surface area (Å²) in [5.41, 5.74) is 0.235. The number of hydrogen-bond donors (Lipinski definition) is 0. The molecular formula is C14H28O2. The van der Waals surface area contributed by atoms with Crippen molar-refractivity contribution in [1.82, 2.24) is 0 Å². The molecule has 0 aliphatic carbocycles. The second kappa shape index (κ2) is 6.02. The van der Waals surface area contributed by atoms with Crippen LogP contribution in [0.1, 0.15) is 66.2 Å². The summed E-state index contributed by atoms with van der Waals surface area (Å²) in [5, 5.41) is 0. The van der Waals surface area contributed by atoms with Crippen molar-refractivity contribution in [2.45, 2.75) is 72.0 Å². The van der Waals surface area contributed by atoms with Gasteiger partial charge in [-0.1, -0.05) is 40.0 Å². The highest BCUT2D eigenvalue weighted by molar-refractivity contribution is 4.80. The molecule has 0 spiro atoms. The van der Waals surface area contributed by atoms with Gasteiger partial charge >= 0.3 is 0 Å². The van der Waals surface area contributed by atoms with E-state index in [1.807, 2.05) is 0 Å². The molecule has 0 N–H and O–H groups in total. The van der Waals surface area contributed by atoms with Crippen LogP contribution in [0.2, 0.25) is 0 Å². The van der Waals surface area contributed by atoms with Gasteiger partial charge < -0.3 is 9.47 Å². The Morgan fingerprint density at radius 3 is 2.00 bits per heavy atom. The van der Waals surface area contributed by atoms with Crippen LogP contribution in [0.3, 0.4) is 0 Å². The van der Waals surface area contributed by atoms with Crippen molar-refractivity contribution in [3.63, 3.8) is 0 Å². The lowest BCUT2D eigenvalue weighted by Gasteiger charge is -2.43. The maximum absolute atomic E-state index is 5.96. The second-order valence-electron chi connectivity index (χ2n) is 5.73. The van der Waals surface area contributed by atoms with Gasteiger partial charge in [-0.15, -0.1) is 0 Å². The molecule has 1 aliphatic heterocycles. The van der Waals surface area contributed by atoms with Crippen molar-refractivity contribution >= 4 is 0 Å². The van der Waals surface area contributed by atoms with Crippen molar-refractivity contribution in [2.24, 2.45) is 5.41 Å². The van der Waals surface area contributed by atoms with Gasteiger partial charge in [0, 0.05) is 11.8 Å². The molecule has 0 atom stereocenters. The highest BCUT2D eigenvalue weighted by Gasteiger charge is 2.38. The Morgan fingerprint density at radius 1 is 0.875 bits per heavy atom. The van der Waals surface area contributed by atoms with Gasteiger partial charge in [-0.2, -0.15) is 0 Å². The second-order valence-corrected chi connectivity index (χ2v) is 5.73. The van der Waals surface area contributed by atoms with E-state index >= 15 is 0 Å². The fraction of sp³-hybridized carbons (Fsp3) is 1.00. The third-order valence-corrected chi connectivity index (χ3v) is 3.54. The monoisotopic (exact) mass is 228 g/mol. The molecule has 0 aromatic rings. The topological polar surface area (TPSA) is 18.5 Å². The van der Waals surface area contributed by atoms with Crippen molar-refractivity contribution < 1.29 is 9.47 Å². The average Bonchev–Trinajstić information content (AvgIpc) is 2.25. The predicted molar refractivity (Wildman–Crippen MR) is 67.5 cm³/mol. The third-order valence-electron chi connectivity index (χ3n) is 3.54. The normalized spacial score (nSPS) is 35.2. The standard InChI is InChI=1S/C14H28O2/c1-5-7-8-10-14(4)15-11-13(3,9-6-2)12-16-14/h5-12H2,1-4H3. The lowest BCUT2D eigenvalue weighted by Crippen LogP contribution is -2.46. The molecule has 0 saturated carbocycles. The molecule has 0 aromatic carbocycles. The third kappa shape index (κ3) is 4.06. The molecule has 0 radical (unpaired) electrons. The van der Waals surface area contributed by atoms with Gasteiger partial charge in [-0.05, 0) is 19.8 Å². The first kappa shape index (κ1) is 14.0. The molecular weight excluding hydrogens is 200 g/mol. The number of ether oxygens (including phenoxy) is 2. The van der Waals surface area contributed by atoms with Crippen LogP contribution in [0.5, 0.6) is 0 Å². The first-order chi connectivity index (χ1) is 7.54. The molecule has 0 aromatic heterocycles. The van der Waals surface area contributed by atoms with Gasteiger partial charge in [0.15, 0.2) is 5.79 Å². The van der Waals surface area contributed by atoms with E-state index in [2.05, 4.69) is 27.7 Å². The van der Waals surface area contributed by atoms with E-state index in [-0.39, 0.29) is 11.2 Å². The summed E-state index contributed by atoms with van der Waals surface area (Å²) in [7, 11) is 0. The molecule has 1 aliphatic rings. The fourth-order valence-corrected chi connectivity index (χ4v) is 2.33. The summed E-state index contributed by atoms with van der Waals surface area (Å²) < 4.78 is 11.9. The van der Waals surface area contributed by atoms with Crippen LogP contribution in [-0.2, 0) is 9.47 Å². The van der Waals surface area contributed by atoms with Crippen molar-refractivity contribution in [3.05, 3.63) is 0 Å². The molecule has 1 fully saturated rings. The molecule has 0 bridgehead atoms. The van der Waals surface area contributed by atoms with Crippen LogP contribution in [-0.4, -0.2) is 19.0 Å². The summed E-state index contributed by atoms with van der Waals surface area (Å²) in [5.74, 6) is -0.317. The van der Waals surface area contributed by atoms with Gasteiger partial charge in [0.05, 0.1) is 13.2 Å². The van der Waals surface area contributed by atoms with Crippen LogP contribution in [0.15, 0.2) is 0 Å².